The molecular formula is C23H27F2N7O2. The van der Waals surface area contributed by atoms with E-state index in [1.54, 1.807) is 6.20 Å². The first-order valence-corrected chi connectivity index (χ1v) is 11.6. The van der Waals surface area contributed by atoms with Gasteiger partial charge in [0, 0.05) is 31.2 Å². The fourth-order valence-corrected chi connectivity index (χ4v) is 4.77. The lowest BCUT2D eigenvalue weighted by Gasteiger charge is -2.29. The molecular weight excluding hydrogens is 444 g/mol. The molecule has 3 heterocycles. The topological polar surface area (TPSA) is 120 Å². The molecule has 2 aromatic heterocycles. The molecule has 2 fully saturated rings. The lowest BCUT2D eigenvalue weighted by atomic mass is 9.85. The van der Waals surface area contributed by atoms with Crippen LogP contribution in [0.1, 0.15) is 44.6 Å². The first-order valence-electron chi connectivity index (χ1n) is 11.6. The number of hydrogen-bond acceptors (Lipinski definition) is 7. The first-order chi connectivity index (χ1) is 16.5. The number of imidazole rings is 1. The van der Waals surface area contributed by atoms with Gasteiger partial charge in [0.15, 0.2) is 5.65 Å². The molecule has 11 heteroatoms. The Bertz CT molecular complexity index is 1170. The number of amides is 1. The predicted molar refractivity (Wildman–Crippen MR) is 123 cm³/mol. The molecule has 1 amide bonds. The summed E-state index contributed by atoms with van der Waals surface area (Å²) < 4.78 is 36.1. The zero-order chi connectivity index (χ0) is 23.7. The van der Waals surface area contributed by atoms with Crippen molar-refractivity contribution >= 4 is 34.7 Å². The quantitative estimate of drug-likeness (QED) is 0.502. The molecule has 34 heavy (non-hydrogen) atoms. The van der Waals surface area contributed by atoms with Crippen molar-refractivity contribution < 1.29 is 18.3 Å². The van der Waals surface area contributed by atoms with Crippen LogP contribution >= 0.6 is 0 Å². The van der Waals surface area contributed by atoms with Gasteiger partial charge in [-0.15, -0.1) is 0 Å². The second kappa shape index (κ2) is 9.49. The average molecular weight is 472 g/mol. The molecule has 1 saturated carbocycles. The Labute approximate surface area is 195 Å². The van der Waals surface area contributed by atoms with E-state index in [-0.39, 0.29) is 35.5 Å². The Balaban J connectivity index is 1.52. The summed E-state index contributed by atoms with van der Waals surface area (Å²) in [7, 11) is 0. The van der Waals surface area contributed by atoms with Gasteiger partial charge in [0.05, 0.1) is 6.20 Å². The van der Waals surface area contributed by atoms with Gasteiger partial charge in [-0.2, -0.15) is 4.98 Å². The van der Waals surface area contributed by atoms with E-state index in [4.69, 9.17) is 15.5 Å². The van der Waals surface area contributed by atoms with E-state index in [1.165, 1.54) is 18.2 Å². The molecule has 0 radical (unpaired) electrons. The number of nitrogens with one attached hydrogen (secondary N) is 2. The number of aromatic nitrogens is 4. The maximum atomic E-state index is 14.4. The number of carbonyl (C=O) groups is 1. The first kappa shape index (κ1) is 22.5. The minimum absolute atomic E-state index is 0.0660. The van der Waals surface area contributed by atoms with Gasteiger partial charge in [-0.1, -0.05) is 6.07 Å². The van der Waals surface area contributed by atoms with Crippen LogP contribution in [-0.4, -0.2) is 44.7 Å². The summed E-state index contributed by atoms with van der Waals surface area (Å²) in [4.78, 5) is 25.3. The predicted octanol–water partition coefficient (Wildman–Crippen LogP) is 3.66. The summed E-state index contributed by atoms with van der Waals surface area (Å²) in [5.74, 6) is -1.17. The number of hydrogen-bond donors (Lipinski definition) is 3. The highest BCUT2D eigenvalue weighted by Crippen LogP contribution is 2.37. The summed E-state index contributed by atoms with van der Waals surface area (Å²) in [5.41, 5.74) is 6.29. The van der Waals surface area contributed by atoms with Crippen molar-refractivity contribution in [2.24, 2.45) is 11.7 Å². The molecule has 1 saturated heterocycles. The summed E-state index contributed by atoms with van der Waals surface area (Å²) >= 11 is 0. The zero-order valence-corrected chi connectivity index (χ0v) is 18.6. The Morgan fingerprint density at radius 2 is 1.76 bits per heavy atom. The molecule has 3 aromatic rings. The molecule has 9 nitrogen and oxygen atoms in total. The number of nitrogens with zero attached hydrogens (tertiary/aromatic N) is 4. The summed E-state index contributed by atoms with van der Waals surface area (Å²) in [6, 6.07) is 3.82. The largest absolute Gasteiger partial charge is 0.381 e. The molecule has 4 N–H and O–H groups in total. The molecule has 2 aliphatic rings. The summed E-state index contributed by atoms with van der Waals surface area (Å²) in [5, 5.41) is 6.19. The van der Waals surface area contributed by atoms with Crippen LogP contribution in [0.2, 0.25) is 0 Å². The van der Waals surface area contributed by atoms with Crippen molar-refractivity contribution in [3.8, 4) is 0 Å². The maximum Gasteiger partial charge on any atom is 0.224 e. The van der Waals surface area contributed by atoms with E-state index in [1.807, 2.05) is 4.57 Å². The van der Waals surface area contributed by atoms with E-state index >= 15 is 0 Å². The minimum atomic E-state index is -0.719. The molecule has 180 valence electrons. The SMILES string of the molecule is NC(=O)[C@H]1CC[C@@H](n2c(Nc3c(F)cccc3F)nc3cnc(NC4CCOCC4)nc32)CC1. The number of carbonyl (C=O) groups excluding carboxylic acids is 1. The average Bonchev–Trinajstić information content (AvgIpc) is 3.19. The second-order valence-electron chi connectivity index (χ2n) is 8.87. The molecule has 1 aliphatic carbocycles. The molecule has 5 rings (SSSR count). The Morgan fingerprint density at radius 3 is 2.44 bits per heavy atom. The number of para-hydroxylation sites is 1. The molecule has 1 aromatic carbocycles. The van der Waals surface area contributed by atoms with Gasteiger partial charge in [-0.3, -0.25) is 9.36 Å². The minimum Gasteiger partial charge on any atom is -0.381 e. The standard InChI is InChI=1S/C23H27F2N7O2/c24-16-2-1-3-17(25)19(16)30-23-29-18-12-27-22(28-14-8-10-34-11-9-14)31-21(18)32(23)15-6-4-13(5-7-15)20(26)33/h1-3,12-15H,4-11H2,(H2,26,33)(H,29,30)(H,27,28,31)/t13-,15+. The van der Waals surface area contributed by atoms with Crippen LogP contribution in [0.25, 0.3) is 11.2 Å². The number of ether oxygens (including phenoxy) is 1. The highest BCUT2D eigenvalue weighted by atomic mass is 19.1. The Hall–Kier alpha value is -3.34. The smallest absolute Gasteiger partial charge is 0.224 e. The monoisotopic (exact) mass is 471 g/mol. The van der Waals surface area contributed by atoms with Gasteiger partial charge in [-0.05, 0) is 50.7 Å². The van der Waals surface area contributed by atoms with E-state index < -0.39 is 11.6 Å². The van der Waals surface area contributed by atoms with E-state index in [0.717, 1.165) is 12.8 Å². The van der Waals surface area contributed by atoms with Gasteiger partial charge < -0.3 is 21.1 Å². The van der Waals surface area contributed by atoms with Crippen molar-refractivity contribution in [2.75, 3.05) is 23.8 Å². The van der Waals surface area contributed by atoms with Crippen molar-refractivity contribution in [2.45, 2.75) is 50.6 Å². The molecule has 0 bridgehead atoms. The third kappa shape index (κ3) is 4.52. The Kier molecular flexibility index (Phi) is 6.27. The van der Waals surface area contributed by atoms with Crippen molar-refractivity contribution in [1.82, 2.24) is 19.5 Å². The van der Waals surface area contributed by atoms with Crippen LogP contribution in [0.3, 0.4) is 0 Å². The maximum absolute atomic E-state index is 14.4. The van der Waals surface area contributed by atoms with Gasteiger partial charge in [0.2, 0.25) is 17.8 Å². The molecule has 1 aliphatic heterocycles. The number of halogens is 2. The number of benzene rings is 1. The van der Waals surface area contributed by atoms with Crippen molar-refractivity contribution in [3.63, 3.8) is 0 Å². The van der Waals surface area contributed by atoms with Crippen LogP contribution in [-0.2, 0) is 9.53 Å². The number of anilines is 3. The third-order valence-corrected chi connectivity index (χ3v) is 6.65. The van der Waals surface area contributed by atoms with Crippen LogP contribution in [0.15, 0.2) is 24.4 Å². The summed E-state index contributed by atoms with van der Waals surface area (Å²) in [6.07, 6.45) is 5.92. The number of rotatable bonds is 6. The number of nitrogens with two attached hydrogens (primary N) is 1. The van der Waals surface area contributed by atoms with Crippen molar-refractivity contribution in [3.05, 3.63) is 36.0 Å². The van der Waals surface area contributed by atoms with E-state index in [2.05, 4.69) is 20.6 Å². The lowest BCUT2D eigenvalue weighted by Crippen LogP contribution is -2.29. The highest BCUT2D eigenvalue weighted by molar-refractivity contribution is 5.78. The Morgan fingerprint density at radius 1 is 1.06 bits per heavy atom. The number of fused-ring (bicyclic) bond motifs is 1. The molecule has 0 atom stereocenters. The van der Waals surface area contributed by atoms with Gasteiger partial charge >= 0.3 is 0 Å². The number of primary amides is 1. The van der Waals surface area contributed by atoms with Crippen LogP contribution in [0.4, 0.5) is 26.4 Å². The third-order valence-electron chi connectivity index (χ3n) is 6.65. The fourth-order valence-electron chi connectivity index (χ4n) is 4.77. The second-order valence-corrected chi connectivity index (χ2v) is 8.87. The van der Waals surface area contributed by atoms with Gasteiger partial charge in [0.1, 0.15) is 22.8 Å². The normalized spacial score (nSPS) is 21.5. The van der Waals surface area contributed by atoms with Gasteiger partial charge in [-0.25, -0.2) is 18.7 Å². The van der Waals surface area contributed by atoms with Crippen molar-refractivity contribution in [1.29, 1.82) is 0 Å². The highest BCUT2D eigenvalue weighted by Gasteiger charge is 2.29. The lowest BCUT2D eigenvalue weighted by molar-refractivity contribution is -0.122. The fraction of sp³-hybridized carbons (Fsp3) is 0.478. The van der Waals surface area contributed by atoms with Gasteiger partial charge in [0.25, 0.3) is 0 Å². The zero-order valence-electron chi connectivity index (χ0n) is 18.6. The molecule has 0 unspecified atom stereocenters. The van der Waals surface area contributed by atoms with E-state index in [9.17, 15) is 13.6 Å². The van der Waals surface area contributed by atoms with E-state index in [0.29, 0.717) is 56.0 Å². The molecule has 0 spiro atoms. The van der Waals surface area contributed by atoms with Crippen LogP contribution in [0.5, 0.6) is 0 Å². The van der Waals surface area contributed by atoms with Crippen LogP contribution in [0, 0.1) is 17.6 Å². The summed E-state index contributed by atoms with van der Waals surface area (Å²) in [6.45, 7) is 1.37. The van der Waals surface area contributed by atoms with Crippen LogP contribution < -0.4 is 16.4 Å².